The third-order valence-corrected chi connectivity index (χ3v) is 4.72. The van der Waals surface area contributed by atoms with E-state index in [1.165, 1.54) is 0 Å². The second-order valence-corrected chi connectivity index (χ2v) is 6.32. The van der Waals surface area contributed by atoms with Crippen molar-refractivity contribution in [3.8, 4) is 5.75 Å². The molecule has 0 radical (unpaired) electrons. The number of likely N-dealkylation sites (tertiary alicyclic amines) is 1. The zero-order valence-electron chi connectivity index (χ0n) is 14.6. The van der Waals surface area contributed by atoms with Crippen LogP contribution in [-0.2, 0) is 11.8 Å². The lowest BCUT2D eigenvalue weighted by molar-refractivity contribution is -0.134. The van der Waals surface area contributed by atoms with Crippen LogP contribution in [0, 0.1) is 25.5 Å². The van der Waals surface area contributed by atoms with Crippen molar-refractivity contribution in [1.29, 1.82) is 0 Å². The maximum absolute atomic E-state index is 13.6. The van der Waals surface area contributed by atoms with Crippen LogP contribution in [0.15, 0.2) is 18.2 Å². The van der Waals surface area contributed by atoms with Gasteiger partial charge in [-0.2, -0.15) is 5.10 Å². The molecule has 3 rings (SSSR count). The van der Waals surface area contributed by atoms with Crippen molar-refractivity contribution in [2.75, 3.05) is 13.2 Å². The van der Waals surface area contributed by atoms with Gasteiger partial charge in [-0.25, -0.2) is 8.78 Å². The Balaban J connectivity index is 1.74. The van der Waals surface area contributed by atoms with E-state index in [1.807, 2.05) is 25.6 Å². The molecule has 1 saturated heterocycles. The Labute approximate surface area is 145 Å². The number of hydrogen-bond acceptors (Lipinski definition) is 3. The van der Waals surface area contributed by atoms with E-state index in [4.69, 9.17) is 4.74 Å². The zero-order chi connectivity index (χ0) is 18.1. The molecule has 2 heterocycles. The molecule has 1 aromatic heterocycles. The first-order valence-electron chi connectivity index (χ1n) is 8.26. The van der Waals surface area contributed by atoms with E-state index in [2.05, 4.69) is 5.10 Å². The normalized spacial score (nSPS) is 17.2. The number of carbonyl (C=O) groups is 1. The zero-order valence-corrected chi connectivity index (χ0v) is 14.6. The molecule has 25 heavy (non-hydrogen) atoms. The molecule has 1 aliphatic rings. The molecule has 5 nitrogen and oxygen atoms in total. The number of hydrogen-bond donors (Lipinski definition) is 0. The molecule has 0 N–H and O–H groups in total. The van der Waals surface area contributed by atoms with Crippen LogP contribution in [-0.4, -0.2) is 33.7 Å². The van der Waals surface area contributed by atoms with Gasteiger partial charge in [-0.15, -0.1) is 0 Å². The van der Waals surface area contributed by atoms with Gasteiger partial charge in [0.2, 0.25) is 0 Å². The highest BCUT2D eigenvalue weighted by atomic mass is 19.1. The highest BCUT2D eigenvalue weighted by Crippen LogP contribution is 2.35. The largest absolute Gasteiger partial charge is 0.481 e. The fourth-order valence-corrected chi connectivity index (χ4v) is 3.45. The van der Waals surface area contributed by atoms with Crippen molar-refractivity contribution in [2.45, 2.75) is 32.7 Å². The van der Waals surface area contributed by atoms with Crippen LogP contribution in [0.4, 0.5) is 8.78 Å². The van der Waals surface area contributed by atoms with Crippen molar-refractivity contribution in [3.05, 3.63) is 46.8 Å². The second-order valence-electron chi connectivity index (χ2n) is 6.32. The molecule has 1 aliphatic heterocycles. The first kappa shape index (κ1) is 17.4. The number of benzene rings is 1. The molecular weight excluding hydrogens is 328 g/mol. The lowest BCUT2D eigenvalue weighted by atomic mass is 10.0. The minimum atomic E-state index is -0.689. The number of ether oxygens (including phenoxy) is 1. The maximum atomic E-state index is 13.6. The summed E-state index contributed by atoms with van der Waals surface area (Å²) in [6, 6.07) is 2.88. The molecule has 134 valence electrons. The van der Waals surface area contributed by atoms with Crippen LogP contribution in [0.25, 0.3) is 0 Å². The van der Waals surface area contributed by atoms with Gasteiger partial charge < -0.3 is 9.64 Å². The Kier molecular flexibility index (Phi) is 4.74. The Morgan fingerprint density at radius 2 is 2.12 bits per heavy atom. The van der Waals surface area contributed by atoms with E-state index >= 15 is 0 Å². The second kappa shape index (κ2) is 6.82. The van der Waals surface area contributed by atoms with E-state index in [-0.39, 0.29) is 24.3 Å². The summed E-state index contributed by atoms with van der Waals surface area (Å²) in [5.74, 6) is -1.79. The maximum Gasteiger partial charge on any atom is 0.261 e. The number of carbonyl (C=O) groups excluding carboxylic acids is 1. The molecule has 1 aromatic carbocycles. The number of aromatic nitrogens is 2. The molecule has 0 spiro atoms. The summed E-state index contributed by atoms with van der Waals surface area (Å²) in [5, 5.41) is 4.42. The van der Waals surface area contributed by atoms with E-state index < -0.39 is 11.6 Å². The van der Waals surface area contributed by atoms with Crippen molar-refractivity contribution in [2.24, 2.45) is 7.05 Å². The van der Waals surface area contributed by atoms with Gasteiger partial charge in [0, 0.05) is 30.9 Å². The molecule has 7 heteroatoms. The smallest absolute Gasteiger partial charge is 0.261 e. The number of rotatable bonds is 4. The number of nitrogens with zero attached hydrogens (tertiary/aromatic N) is 3. The molecule has 1 fully saturated rings. The standard InChI is InChI=1S/C18H21F2N3O2/c1-11-18(12(2)22(3)21-11)15-5-4-8-23(15)17(24)10-25-16-9-13(19)6-7-14(16)20/h6-7,9,15H,4-5,8,10H2,1-3H3/t15-/m1/s1. The molecular formula is C18H21F2N3O2. The number of halogens is 2. The molecule has 1 atom stereocenters. The van der Waals surface area contributed by atoms with Gasteiger partial charge in [0.15, 0.2) is 18.2 Å². The highest BCUT2D eigenvalue weighted by Gasteiger charge is 2.33. The predicted octanol–water partition coefficient (Wildman–Crippen LogP) is 3.06. The summed E-state index contributed by atoms with van der Waals surface area (Å²) < 4.78 is 33.8. The number of amides is 1. The van der Waals surface area contributed by atoms with Gasteiger partial charge in [0.1, 0.15) is 5.82 Å². The Hall–Kier alpha value is -2.44. The summed E-state index contributed by atoms with van der Waals surface area (Å²) in [6.45, 7) is 4.21. The van der Waals surface area contributed by atoms with Crippen LogP contribution in [0.2, 0.25) is 0 Å². The van der Waals surface area contributed by atoms with E-state index in [1.54, 1.807) is 4.90 Å². The molecule has 1 amide bonds. The molecule has 0 saturated carbocycles. The van der Waals surface area contributed by atoms with Crippen molar-refractivity contribution >= 4 is 5.91 Å². The predicted molar refractivity (Wildman–Crippen MR) is 88.2 cm³/mol. The van der Waals surface area contributed by atoms with Crippen molar-refractivity contribution in [3.63, 3.8) is 0 Å². The van der Waals surface area contributed by atoms with Crippen molar-refractivity contribution in [1.82, 2.24) is 14.7 Å². The summed E-state index contributed by atoms with van der Waals surface area (Å²) in [7, 11) is 1.88. The number of aryl methyl sites for hydroxylation is 2. The fraction of sp³-hybridized carbons (Fsp3) is 0.444. The monoisotopic (exact) mass is 349 g/mol. The molecule has 2 aromatic rings. The summed E-state index contributed by atoms with van der Waals surface area (Å²) in [5.41, 5.74) is 2.99. The van der Waals surface area contributed by atoms with Crippen LogP contribution in [0.3, 0.4) is 0 Å². The van der Waals surface area contributed by atoms with Crippen LogP contribution in [0.1, 0.15) is 35.8 Å². The Bertz CT molecular complexity index is 804. The quantitative estimate of drug-likeness (QED) is 0.852. The van der Waals surface area contributed by atoms with Gasteiger partial charge in [-0.3, -0.25) is 9.48 Å². The SMILES string of the molecule is Cc1nn(C)c(C)c1[C@H]1CCCN1C(=O)COc1cc(F)ccc1F. The topological polar surface area (TPSA) is 47.4 Å². The van der Waals surface area contributed by atoms with E-state index in [0.717, 1.165) is 48.0 Å². The average molecular weight is 349 g/mol. The molecule has 0 unspecified atom stereocenters. The minimum absolute atomic E-state index is 0.0536. The minimum Gasteiger partial charge on any atom is -0.481 e. The van der Waals surface area contributed by atoms with Gasteiger partial charge in [0.05, 0.1) is 11.7 Å². The highest BCUT2D eigenvalue weighted by molar-refractivity contribution is 5.78. The van der Waals surface area contributed by atoms with Crippen LogP contribution >= 0.6 is 0 Å². The van der Waals surface area contributed by atoms with Gasteiger partial charge in [-0.1, -0.05) is 0 Å². The Morgan fingerprint density at radius 3 is 2.80 bits per heavy atom. The van der Waals surface area contributed by atoms with Crippen LogP contribution in [0.5, 0.6) is 5.75 Å². The Morgan fingerprint density at radius 1 is 1.36 bits per heavy atom. The molecule has 0 bridgehead atoms. The third kappa shape index (κ3) is 3.36. The van der Waals surface area contributed by atoms with Crippen molar-refractivity contribution < 1.29 is 18.3 Å². The first-order valence-corrected chi connectivity index (χ1v) is 8.26. The van der Waals surface area contributed by atoms with Gasteiger partial charge >= 0.3 is 0 Å². The van der Waals surface area contributed by atoms with Crippen LogP contribution < -0.4 is 4.74 Å². The lowest BCUT2D eigenvalue weighted by Gasteiger charge is -2.25. The third-order valence-electron chi connectivity index (χ3n) is 4.72. The summed E-state index contributed by atoms with van der Waals surface area (Å²) >= 11 is 0. The first-order chi connectivity index (χ1) is 11.9. The summed E-state index contributed by atoms with van der Waals surface area (Å²) in [6.07, 6.45) is 1.74. The van der Waals surface area contributed by atoms with Gasteiger partial charge in [-0.05, 0) is 38.8 Å². The van der Waals surface area contributed by atoms with E-state index in [9.17, 15) is 13.6 Å². The van der Waals surface area contributed by atoms with E-state index in [0.29, 0.717) is 6.54 Å². The fourth-order valence-electron chi connectivity index (χ4n) is 3.45. The van der Waals surface area contributed by atoms with Gasteiger partial charge in [0.25, 0.3) is 5.91 Å². The average Bonchev–Trinajstić information content (AvgIpc) is 3.13. The summed E-state index contributed by atoms with van der Waals surface area (Å²) in [4.78, 5) is 14.3. The molecule has 0 aliphatic carbocycles. The lowest BCUT2D eigenvalue weighted by Crippen LogP contribution is -2.35.